The van der Waals surface area contributed by atoms with Crippen LogP contribution in [0.4, 0.5) is 13.2 Å². The number of sulfonamides is 1. The maximum atomic E-state index is 12.7. The van der Waals surface area contributed by atoms with Gasteiger partial charge in [0, 0.05) is 37.0 Å². The Morgan fingerprint density at radius 3 is 2.48 bits per heavy atom. The lowest BCUT2D eigenvalue weighted by molar-refractivity contribution is -0.0494. The molecule has 2 N–H and O–H groups in total. The van der Waals surface area contributed by atoms with E-state index in [1.807, 2.05) is 12.3 Å². The number of alkyl halides is 3. The highest BCUT2D eigenvalue weighted by Gasteiger charge is 2.50. The molecule has 1 saturated heterocycles. The van der Waals surface area contributed by atoms with Crippen LogP contribution in [-0.2, 0) is 16.6 Å². The quantitative estimate of drug-likeness (QED) is 0.312. The van der Waals surface area contributed by atoms with Gasteiger partial charge in [-0.25, -0.2) is 18.4 Å². The van der Waals surface area contributed by atoms with Gasteiger partial charge < -0.3 is 10.6 Å². The van der Waals surface area contributed by atoms with Gasteiger partial charge in [-0.1, -0.05) is 13.8 Å². The Hall–Kier alpha value is -0.670. The lowest BCUT2D eigenvalue weighted by Gasteiger charge is -2.32. The van der Waals surface area contributed by atoms with Gasteiger partial charge in [0.1, 0.15) is 0 Å². The van der Waals surface area contributed by atoms with E-state index in [9.17, 15) is 21.6 Å². The molecule has 2 rings (SSSR count). The van der Waals surface area contributed by atoms with Crippen molar-refractivity contribution in [2.45, 2.75) is 57.6 Å². The standard InChI is InChI=1S/C16H26F3N5O2S2.HI/c1-4-20-15(21-9-13-10-27-14(22-13)11(2)3)23-12-5-7-24(8-6-12)28(25,26)16(17,18)19;/h10-12H,4-9H2,1-3H3,(H2,20,21,23);1H. The maximum Gasteiger partial charge on any atom is 0.511 e. The van der Waals surface area contributed by atoms with Gasteiger partial charge in [-0.05, 0) is 19.8 Å². The number of rotatable bonds is 6. The van der Waals surface area contributed by atoms with E-state index in [-0.39, 0.29) is 55.9 Å². The van der Waals surface area contributed by atoms with E-state index in [1.54, 1.807) is 11.3 Å². The fourth-order valence-electron chi connectivity index (χ4n) is 2.72. The molecule has 0 saturated carbocycles. The molecular weight excluding hydrogens is 542 g/mol. The maximum absolute atomic E-state index is 12.7. The van der Waals surface area contributed by atoms with Crippen LogP contribution in [0.3, 0.4) is 0 Å². The Morgan fingerprint density at radius 2 is 2.00 bits per heavy atom. The van der Waals surface area contributed by atoms with E-state index < -0.39 is 15.5 Å². The number of piperidine rings is 1. The normalized spacial score (nSPS) is 17.3. The van der Waals surface area contributed by atoms with Crippen LogP contribution in [0, 0.1) is 0 Å². The van der Waals surface area contributed by atoms with Gasteiger partial charge in [0.15, 0.2) is 5.96 Å². The van der Waals surface area contributed by atoms with Gasteiger partial charge in [0.05, 0.1) is 17.2 Å². The van der Waals surface area contributed by atoms with Gasteiger partial charge >= 0.3 is 15.5 Å². The average molecular weight is 569 g/mol. The Kier molecular flexibility index (Phi) is 10.1. The molecule has 1 aromatic rings. The van der Waals surface area contributed by atoms with Crippen LogP contribution in [0.1, 0.15) is 50.2 Å². The molecule has 0 unspecified atom stereocenters. The Labute approximate surface area is 190 Å². The van der Waals surface area contributed by atoms with Gasteiger partial charge in [0.2, 0.25) is 0 Å². The summed E-state index contributed by atoms with van der Waals surface area (Å²) in [4.78, 5) is 9.01. The molecular formula is C16H27F3IN5O2S2. The topological polar surface area (TPSA) is 86.7 Å². The van der Waals surface area contributed by atoms with Gasteiger partial charge in [-0.3, -0.25) is 0 Å². The summed E-state index contributed by atoms with van der Waals surface area (Å²) in [5.41, 5.74) is -4.40. The molecule has 13 heteroatoms. The third kappa shape index (κ3) is 7.21. The van der Waals surface area contributed by atoms with Crippen LogP contribution < -0.4 is 10.6 Å². The zero-order valence-electron chi connectivity index (χ0n) is 16.5. The number of hydrogen-bond acceptors (Lipinski definition) is 5. The summed E-state index contributed by atoms with van der Waals surface area (Å²) < 4.78 is 61.4. The molecule has 1 aliphatic rings. The summed E-state index contributed by atoms with van der Waals surface area (Å²) >= 11 is 1.59. The molecule has 2 heterocycles. The van der Waals surface area contributed by atoms with Crippen molar-refractivity contribution < 1.29 is 21.6 Å². The van der Waals surface area contributed by atoms with Crippen molar-refractivity contribution in [1.29, 1.82) is 0 Å². The number of guanidine groups is 1. The fraction of sp³-hybridized carbons (Fsp3) is 0.750. The number of hydrogen-bond donors (Lipinski definition) is 2. The summed E-state index contributed by atoms with van der Waals surface area (Å²) in [5.74, 6) is 0.894. The van der Waals surface area contributed by atoms with Crippen LogP contribution in [0.25, 0.3) is 0 Å². The first-order valence-corrected chi connectivity index (χ1v) is 11.4. The molecule has 1 aliphatic heterocycles. The van der Waals surface area contributed by atoms with E-state index in [2.05, 4.69) is 34.5 Å². The molecule has 1 fully saturated rings. The molecule has 0 bridgehead atoms. The van der Waals surface area contributed by atoms with Crippen LogP contribution in [0.5, 0.6) is 0 Å². The molecule has 0 amide bonds. The number of nitrogens with one attached hydrogen (secondary N) is 2. The zero-order chi connectivity index (χ0) is 20.9. The van der Waals surface area contributed by atoms with Crippen molar-refractivity contribution in [3.63, 3.8) is 0 Å². The third-order valence-corrected chi connectivity index (χ3v) is 7.06. The predicted octanol–water partition coefficient (Wildman–Crippen LogP) is 3.25. The Morgan fingerprint density at radius 1 is 1.38 bits per heavy atom. The Bertz CT molecular complexity index is 776. The van der Waals surface area contributed by atoms with Crippen LogP contribution in [-0.4, -0.2) is 54.9 Å². The molecule has 168 valence electrons. The second kappa shape index (κ2) is 11.1. The van der Waals surface area contributed by atoms with Crippen LogP contribution in [0.15, 0.2) is 10.4 Å². The monoisotopic (exact) mass is 569 g/mol. The van der Waals surface area contributed by atoms with E-state index in [1.165, 1.54) is 0 Å². The third-order valence-electron chi connectivity index (χ3n) is 4.23. The number of aliphatic imine (C=N–C) groups is 1. The first-order valence-electron chi connectivity index (χ1n) is 9.10. The highest BCUT2D eigenvalue weighted by atomic mass is 127. The zero-order valence-corrected chi connectivity index (χ0v) is 20.5. The number of thiazole rings is 1. The van der Waals surface area contributed by atoms with E-state index in [0.29, 0.717) is 29.3 Å². The van der Waals surface area contributed by atoms with Crippen LogP contribution in [0.2, 0.25) is 0 Å². The van der Waals surface area contributed by atoms with Crippen molar-refractivity contribution in [1.82, 2.24) is 19.9 Å². The average Bonchev–Trinajstić information content (AvgIpc) is 3.09. The van der Waals surface area contributed by atoms with Crippen molar-refractivity contribution in [3.8, 4) is 0 Å². The smallest absolute Gasteiger partial charge is 0.357 e. The molecule has 0 aliphatic carbocycles. The summed E-state index contributed by atoms with van der Waals surface area (Å²) in [5, 5.41) is 9.28. The van der Waals surface area contributed by atoms with Crippen molar-refractivity contribution in [2.24, 2.45) is 4.99 Å². The van der Waals surface area contributed by atoms with Gasteiger partial charge in [-0.2, -0.15) is 17.5 Å². The van der Waals surface area contributed by atoms with E-state index >= 15 is 0 Å². The van der Waals surface area contributed by atoms with Gasteiger partial charge in [-0.15, -0.1) is 35.3 Å². The van der Waals surface area contributed by atoms with E-state index in [4.69, 9.17) is 0 Å². The second-order valence-corrected chi connectivity index (χ2v) is 9.61. The summed E-state index contributed by atoms with van der Waals surface area (Å²) in [6.45, 7) is 6.72. The summed E-state index contributed by atoms with van der Waals surface area (Å²) in [6, 6.07) is -0.154. The highest BCUT2D eigenvalue weighted by Crippen LogP contribution is 2.29. The minimum Gasteiger partial charge on any atom is -0.357 e. The highest BCUT2D eigenvalue weighted by molar-refractivity contribution is 14.0. The molecule has 0 atom stereocenters. The number of nitrogens with zero attached hydrogens (tertiary/aromatic N) is 3. The SMILES string of the molecule is CCNC(=NCc1csc(C(C)C)n1)NC1CCN(S(=O)(=O)C(F)(F)F)CC1.I. The molecule has 0 spiro atoms. The molecule has 0 radical (unpaired) electrons. The number of halogens is 4. The summed E-state index contributed by atoms with van der Waals surface area (Å²) in [7, 11) is -5.26. The lowest BCUT2D eigenvalue weighted by Crippen LogP contribution is -2.51. The van der Waals surface area contributed by atoms with Crippen molar-refractivity contribution in [2.75, 3.05) is 19.6 Å². The lowest BCUT2D eigenvalue weighted by atomic mass is 10.1. The molecule has 7 nitrogen and oxygen atoms in total. The summed E-state index contributed by atoms with van der Waals surface area (Å²) in [6.07, 6.45) is 0.543. The molecule has 1 aromatic heterocycles. The minimum atomic E-state index is -5.26. The van der Waals surface area contributed by atoms with Crippen molar-refractivity contribution in [3.05, 3.63) is 16.1 Å². The van der Waals surface area contributed by atoms with Crippen molar-refractivity contribution >= 4 is 51.3 Å². The first-order chi connectivity index (χ1) is 13.0. The van der Waals surface area contributed by atoms with Crippen LogP contribution >= 0.6 is 35.3 Å². The fourth-order valence-corrected chi connectivity index (χ4v) is 4.53. The molecule has 0 aromatic carbocycles. The van der Waals surface area contributed by atoms with E-state index in [0.717, 1.165) is 10.7 Å². The second-order valence-electron chi connectivity index (χ2n) is 6.80. The number of aromatic nitrogens is 1. The predicted molar refractivity (Wildman–Crippen MR) is 119 cm³/mol. The molecule has 29 heavy (non-hydrogen) atoms. The largest absolute Gasteiger partial charge is 0.511 e. The van der Waals surface area contributed by atoms with Gasteiger partial charge in [0.25, 0.3) is 0 Å². The minimum absolute atomic E-state index is 0. The first kappa shape index (κ1) is 26.4. The Balaban J connectivity index is 0.00000420.